The molecule has 38 heavy (non-hydrogen) atoms. The van der Waals surface area contributed by atoms with Crippen LogP contribution in [0, 0.1) is 26.7 Å². The Kier molecular flexibility index (Phi) is 7.81. The first-order chi connectivity index (χ1) is 17.9. The van der Waals surface area contributed by atoms with Gasteiger partial charge in [0.2, 0.25) is 5.88 Å². The van der Waals surface area contributed by atoms with Crippen LogP contribution in [-0.2, 0) is 16.6 Å². The van der Waals surface area contributed by atoms with Crippen molar-refractivity contribution in [1.29, 1.82) is 0 Å². The summed E-state index contributed by atoms with van der Waals surface area (Å²) in [6.45, 7) is 10.8. The van der Waals surface area contributed by atoms with Crippen LogP contribution in [0.4, 0.5) is 5.82 Å². The standard InChI is InChI=1S/C27H32N6O4S/c1-16(2)14-33-15-20(13-29-33)22-10-9-21(26(34)32-38(35,36)24-8-6-7-23(28)31-24)27(30-22)37-25-18(4)11-17(3)12-19(25)5/h6-13,15-16,26,32,34H,14H2,1-5H3,(H2,28,31). The predicted octanol–water partition coefficient (Wildman–Crippen LogP) is 4.27. The number of nitrogens with zero attached hydrogens (tertiary/aromatic N) is 4. The third-order valence-electron chi connectivity index (χ3n) is 5.76. The Hall–Kier alpha value is -3.80. The monoisotopic (exact) mass is 536 g/mol. The van der Waals surface area contributed by atoms with Gasteiger partial charge in [0, 0.05) is 18.3 Å². The van der Waals surface area contributed by atoms with Crippen LogP contribution < -0.4 is 15.2 Å². The number of aromatic nitrogens is 4. The Morgan fingerprint density at radius 1 is 1.08 bits per heavy atom. The number of ether oxygens (including phenoxy) is 1. The molecule has 3 aromatic heterocycles. The van der Waals surface area contributed by atoms with E-state index < -0.39 is 16.3 Å². The number of nitrogen functional groups attached to an aromatic ring is 1. The molecule has 0 saturated carbocycles. The van der Waals surface area contributed by atoms with Crippen molar-refractivity contribution in [1.82, 2.24) is 24.5 Å². The summed E-state index contributed by atoms with van der Waals surface area (Å²) >= 11 is 0. The third kappa shape index (κ3) is 6.18. The van der Waals surface area contributed by atoms with Crippen molar-refractivity contribution in [3.05, 3.63) is 77.1 Å². The number of aliphatic hydroxyl groups is 1. The fourth-order valence-corrected chi connectivity index (χ4v) is 5.17. The van der Waals surface area contributed by atoms with Gasteiger partial charge < -0.3 is 15.6 Å². The maximum atomic E-state index is 12.9. The average molecular weight is 537 g/mol. The van der Waals surface area contributed by atoms with E-state index in [1.165, 1.54) is 18.2 Å². The maximum Gasteiger partial charge on any atom is 0.260 e. The van der Waals surface area contributed by atoms with E-state index >= 15 is 0 Å². The second-order valence-electron chi connectivity index (χ2n) is 9.69. The Morgan fingerprint density at radius 2 is 1.79 bits per heavy atom. The number of rotatable bonds is 9. The molecule has 11 heteroatoms. The van der Waals surface area contributed by atoms with E-state index in [0.29, 0.717) is 17.4 Å². The van der Waals surface area contributed by atoms with Crippen LogP contribution >= 0.6 is 0 Å². The van der Waals surface area contributed by atoms with Crippen LogP contribution in [0.1, 0.15) is 42.3 Å². The number of benzene rings is 1. The molecule has 1 atom stereocenters. The van der Waals surface area contributed by atoms with Crippen molar-refractivity contribution in [2.24, 2.45) is 5.92 Å². The Morgan fingerprint density at radius 3 is 2.45 bits per heavy atom. The molecule has 0 aliphatic rings. The molecule has 0 aliphatic carbocycles. The highest BCUT2D eigenvalue weighted by atomic mass is 32.2. The Labute approximate surface area is 222 Å². The van der Waals surface area contributed by atoms with Crippen molar-refractivity contribution < 1.29 is 18.3 Å². The summed E-state index contributed by atoms with van der Waals surface area (Å²) in [5.74, 6) is 1.09. The molecule has 200 valence electrons. The normalized spacial score (nSPS) is 12.6. The number of aryl methyl sites for hydroxylation is 3. The molecule has 0 spiro atoms. The molecule has 0 fully saturated rings. The summed E-state index contributed by atoms with van der Waals surface area (Å²) in [6.07, 6.45) is 1.93. The highest BCUT2D eigenvalue weighted by Crippen LogP contribution is 2.34. The third-order valence-corrected chi connectivity index (χ3v) is 7.07. The van der Waals surface area contributed by atoms with Crippen molar-refractivity contribution in [2.45, 2.75) is 52.4 Å². The largest absolute Gasteiger partial charge is 0.438 e. The number of pyridine rings is 2. The molecule has 0 aliphatic heterocycles. The molecule has 0 amide bonds. The first-order valence-electron chi connectivity index (χ1n) is 12.2. The average Bonchev–Trinajstić information content (AvgIpc) is 3.28. The van der Waals surface area contributed by atoms with Gasteiger partial charge in [-0.15, -0.1) is 0 Å². The summed E-state index contributed by atoms with van der Waals surface area (Å²) in [7, 11) is -4.20. The van der Waals surface area contributed by atoms with E-state index in [0.717, 1.165) is 28.8 Å². The van der Waals surface area contributed by atoms with E-state index in [1.807, 2.05) is 43.8 Å². The number of nitrogens with two attached hydrogens (primary N) is 1. The smallest absolute Gasteiger partial charge is 0.260 e. The molecule has 1 unspecified atom stereocenters. The minimum absolute atomic E-state index is 0.0424. The van der Waals surface area contributed by atoms with E-state index in [1.54, 1.807) is 18.3 Å². The van der Waals surface area contributed by atoms with Crippen LogP contribution in [0.15, 0.2) is 59.9 Å². The van der Waals surface area contributed by atoms with Crippen LogP contribution in [-0.4, -0.2) is 33.3 Å². The zero-order chi connectivity index (χ0) is 27.6. The number of anilines is 1. The van der Waals surface area contributed by atoms with Gasteiger partial charge in [-0.05, 0) is 62.1 Å². The molecular formula is C27H32N6O4S. The summed E-state index contributed by atoms with van der Waals surface area (Å²) in [6, 6.07) is 11.5. The molecule has 4 rings (SSSR count). The number of aliphatic hydroxyl groups excluding tert-OH is 1. The van der Waals surface area contributed by atoms with Crippen molar-refractivity contribution in [2.75, 3.05) is 5.73 Å². The van der Waals surface area contributed by atoms with Gasteiger partial charge in [0.1, 0.15) is 17.8 Å². The molecule has 0 saturated heterocycles. The molecule has 3 heterocycles. The molecular weight excluding hydrogens is 504 g/mol. The van der Waals surface area contributed by atoms with Gasteiger partial charge in [-0.3, -0.25) is 4.68 Å². The topological polar surface area (TPSA) is 145 Å². The second-order valence-corrected chi connectivity index (χ2v) is 11.4. The van der Waals surface area contributed by atoms with Gasteiger partial charge in [-0.1, -0.05) is 37.6 Å². The molecule has 1 aromatic carbocycles. The zero-order valence-electron chi connectivity index (χ0n) is 22.0. The fourth-order valence-electron chi connectivity index (χ4n) is 4.15. The molecule has 4 aromatic rings. The van der Waals surface area contributed by atoms with Gasteiger partial charge in [0.15, 0.2) is 5.03 Å². The zero-order valence-corrected chi connectivity index (χ0v) is 22.8. The van der Waals surface area contributed by atoms with Crippen LogP contribution in [0.3, 0.4) is 0 Å². The second kappa shape index (κ2) is 10.9. The summed E-state index contributed by atoms with van der Waals surface area (Å²) in [5, 5.41) is 15.1. The van der Waals surface area contributed by atoms with Gasteiger partial charge in [0.05, 0.1) is 17.5 Å². The predicted molar refractivity (Wildman–Crippen MR) is 145 cm³/mol. The number of hydrogen-bond acceptors (Lipinski definition) is 8. The van der Waals surface area contributed by atoms with Crippen LogP contribution in [0.25, 0.3) is 11.3 Å². The lowest BCUT2D eigenvalue weighted by molar-refractivity contribution is 0.162. The van der Waals surface area contributed by atoms with Crippen LogP contribution in [0.2, 0.25) is 0 Å². The van der Waals surface area contributed by atoms with Crippen molar-refractivity contribution in [3.8, 4) is 22.9 Å². The maximum absolute atomic E-state index is 12.9. The molecule has 10 nitrogen and oxygen atoms in total. The Bertz CT molecular complexity index is 1540. The highest BCUT2D eigenvalue weighted by Gasteiger charge is 2.25. The van der Waals surface area contributed by atoms with Gasteiger partial charge >= 0.3 is 0 Å². The van der Waals surface area contributed by atoms with Gasteiger partial charge in [0.25, 0.3) is 10.0 Å². The van der Waals surface area contributed by atoms with E-state index in [4.69, 9.17) is 10.5 Å². The molecule has 0 radical (unpaired) electrons. The molecule has 0 bridgehead atoms. The summed E-state index contributed by atoms with van der Waals surface area (Å²) in [5.41, 5.74) is 9.94. The lowest BCUT2D eigenvalue weighted by Crippen LogP contribution is -2.29. The first-order valence-corrected chi connectivity index (χ1v) is 13.6. The first kappa shape index (κ1) is 27.2. The van der Waals surface area contributed by atoms with Gasteiger partial charge in [-0.2, -0.15) is 9.82 Å². The van der Waals surface area contributed by atoms with Crippen molar-refractivity contribution in [3.63, 3.8) is 0 Å². The van der Waals surface area contributed by atoms with Crippen molar-refractivity contribution >= 4 is 15.8 Å². The minimum Gasteiger partial charge on any atom is -0.438 e. The minimum atomic E-state index is -4.20. The van der Waals surface area contributed by atoms with E-state index in [2.05, 4.69) is 33.6 Å². The van der Waals surface area contributed by atoms with E-state index in [9.17, 15) is 13.5 Å². The highest BCUT2D eigenvalue weighted by molar-refractivity contribution is 7.89. The number of sulfonamides is 1. The lowest BCUT2D eigenvalue weighted by Gasteiger charge is -2.19. The fraction of sp³-hybridized carbons (Fsp3) is 0.296. The SMILES string of the molecule is Cc1cc(C)c(Oc2nc(-c3cnn(CC(C)C)c3)ccc2C(O)NS(=O)(=O)c2cccc(N)n2)c(C)c1. The van der Waals surface area contributed by atoms with Gasteiger partial charge in [-0.25, -0.2) is 18.4 Å². The Balaban J connectivity index is 1.74. The van der Waals surface area contributed by atoms with E-state index in [-0.39, 0.29) is 22.3 Å². The molecule has 4 N–H and O–H groups in total. The van der Waals surface area contributed by atoms with Crippen LogP contribution in [0.5, 0.6) is 11.6 Å². The lowest BCUT2D eigenvalue weighted by atomic mass is 10.1. The number of nitrogens with one attached hydrogen (secondary N) is 1. The summed E-state index contributed by atoms with van der Waals surface area (Å²) < 4.78 is 36.1. The quantitative estimate of drug-likeness (QED) is 0.269. The number of hydrogen-bond donors (Lipinski definition) is 3. The summed E-state index contributed by atoms with van der Waals surface area (Å²) in [4.78, 5) is 8.52.